The fraction of sp³-hybridized carbons (Fsp3) is 0.680. The predicted octanol–water partition coefficient (Wildman–Crippen LogP) is 4.20. The number of alkyl halides is 2. The van der Waals surface area contributed by atoms with Crippen LogP contribution in [0.4, 0.5) is 8.78 Å². The van der Waals surface area contributed by atoms with Gasteiger partial charge in [0.15, 0.2) is 0 Å². The number of halogens is 2. The average molecular weight is 450 g/mol. The minimum atomic E-state index is -0.717. The summed E-state index contributed by atoms with van der Waals surface area (Å²) in [4.78, 5) is 24.6. The summed E-state index contributed by atoms with van der Waals surface area (Å²) in [7, 11) is 0. The number of rotatable bonds is 10. The molecule has 1 aromatic carbocycles. The number of carbonyl (C=O) groups is 2. The number of benzene rings is 1. The predicted molar refractivity (Wildman–Crippen MR) is 122 cm³/mol. The highest BCUT2D eigenvalue weighted by Gasteiger charge is 2.23. The first-order valence-electron chi connectivity index (χ1n) is 12.1. The molecule has 178 valence electrons. The van der Waals surface area contributed by atoms with E-state index in [1.807, 2.05) is 0 Å². The molecule has 2 amide bonds. The first-order valence-corrected chi connectivity index (χ1v) is 12.1. The fourth-order valence-corrected chi connectivity index (χ4v) is 4.93. The van der Waals surface area contributed by atoms with Gasteiger partial charge in [0, 0.05) is 18.2 Å². The number of hydrogen-bond donors (Lipinski definition) is 3. The Kier molecular flexibility index (Phi) is 9.90. The number of amides is 2. The van der Waals surface area contributed by atoms with Crippen LogP contribution in [-0.2, 0) is 18.1 Å². The van der Waals surface area contributed by atoms with Gasteiger partial charge in [-0.15, -0.1) is 0 Å². The molecular weight excluding hydrogens is 412 g/mol. The molecule has 1 aromatic rings. The van der Waals surface area contributed by atoms with Crippen molar-refractivity contribution in [2.24, 2.45) is 11.8 Å². The molecule has 0 heterocycles. The van der Waals surface area contributed by atoms with Crippen molar-refractivity contribution in [3.8, 4) is 0 Å². The highest BCUT2D eigenvalue weighted by atomic mass is 19.1. The van der Waals surface area contributed by atoms with Crippen LogP contribution >= 0.6 is 0 Å². The Labute approximate surface area is 190 Å². The molecule has 32 heavy (non-hydrogen) atoms. The van der Waals surface area contributed by atoms with Gasteiger partial charge in [0.25, 0.3) is 5.91 Å². The molecule has 0 spiro atoms. The maximum atomic E-state index is 13.0. The Morgan fingerprint density at radius 2 is 1.44 bits per heavy atom. The van der Waals surface area contributed by atoms with Crippen molar-refractivity contribution in [2.75, 3.05) is 19.6 Å². The number of carbonyl (C=O) groups excluding carboxylic acids is 2. The second-order valence-electron chi connectivity index (χ2n) is 9.44. The molecule has 0 aromatic heterocycles. The van der Waals surface area contributed by atoms with Crippen LogP contribution < -0.4 is 16.0 Å². The average Bonchev–Trinajstić information content (AvgIpc) is 2.84. The van der Waals surface area contributed by atoms with Gasteiger partial charge in [-0.1, -0.05) is 25.3 Å². The van der Waals surface area contributed by atoms with Gasteiger partial charge in [0.2, 0.25) is 5.91 Å². The number of nitrogens with one attached hydrogen (secondary N) is 3. The third-order valence-corrected chi connectivity index (χ3v) is 6.84. The monoisotopic (exact) mass is 449 g/mol. The second kappa shape index (κ2) is 12.9. The molecule has 2 aliphatic carbocycles. The summed E-state index contributed by atoms with van der Waals surface area (Å²) in [5, 5.41) is 9.35. The van der Waals surface area contributed by atoms with Gasteiger partial charge in [0.1, 0.15) is 13.3 Å². The molecule has 5 nitrogen and oxygen atoms in total. The van der Waals surface area contributed by atoms with Crippen LogP contribution in [0.3, 0.4) is 0 Å². The van der Waals surface area contributed by atoms with E-state index in [9.17, 15) is 18.4 Å². The Morgan fingerprint density at radius 3 is 2.06 bits per heavy atom. The van der Waals surface area contributed by atoms with Crippen molar-refractivity contribution < 1.29 is 18.4 Å². The zero-order valence-corrected chi connectivity index (χ0v) is 18.9. The van der Waals surface area contributed by atoms with E-state index in [4.69, 9.17) is 0 Å². The lowest BCUT2D eigenvalue weighted by Crippen LogP contribution is -2.41. The first-order chi connectivity index (χ1) is 15.6. The summed E-state index contributed by atoms with van der Waals surface area (Å²) in [5.41, 5.74) is 0.960. The molecule has 2 aliphatic rings. The van der Waals surface area contributed by atoms with Crippen LogP contribution in [0.25, 0.3) is 0 Å². The Bertz CT molecular complexity index is 722. The summed E-state index contributed by atoms with van der Waals surface area (Å²) in [6, 6.07) is 4.50. The van der Waals surface area contributed by atoms with Crippen molar-refractivity contribution in [2.45, 2.75) is 77.2 Å². The molecule has 0 unspecified atom stereocenters. The first kappa shape index (κ1) is 24.6. The van der Waals surface area contributed by atoms with Crippen LogP contribution in [0.5, 0.6) is 0 Å². The van der Waals surface area contributed by atoms with E-state index in [2.05, 4.69) is 16.0 Å². The molecule has 0 aliphatic heterocycles. The highest BCUT2D eigenvalue weighted by molar-refractivity contribution is 5.94. The lowest BCUT2D eigenvalue weighted by atomic mass is 9.86. The summed E-state index contributed by atoms with van der Waals surface area (Å²) < 4.78 is 26.0. The van der Waals surface area contributed by atoms with Gasteiger partial charge >= 0.3 is 0 Å². The van der Waals surface area contributed by atoms with Gasteiger partial charge in [-0.05, 0) is 80.2 Å². The third kappa shape index (κ3) is 7.84. The molecule has 2 fully saturated rings. The summed E-state index contributed by atoms with van der Waals surface area (Å²) in [6.45, 7) is 0.517. The van der Waals surface area contributed by atoms with E-state index in [-0.39, 0.29) is 17.9 Å². The molecule has 2 saturated carbocycles. The zero-order valence-electron chi connectivity index (χ0n) is 18.9. The van der Waals surface area contributed by atoms with Crippen LogP contribution in [0.1, 0.15) is 79.3 Å². The number of hydrogen-bond acceptors (Lipinski definition) is 3. The molecular formula is C25H37F2N3O2. The summed E-state index contributed by atoms with van der Waals surface area (Å²) in [5.74, 6) is 0.925. The van der Waals surface area contributed by atoms with E-state index >= 15 is 0 Å². The second-order valence-corrected chi connectivity index (χ2v) is 9.44. The van der Waals surface area contributed by atoms with Gasteiger partial charge < -0.3 is 16.0 Å². The molecule has 0 saturated heterocycles. The summed E-state index contributed by atoms with van der Waals surface area (Å²) >= 11 is 0. The van der Waals surface area contributed by atoms with Gasteiger partial charge in [-0.25, -0.2) is 8.78 Å². The smallest absolute Gasteiger partial charge is 0.251 e. The standard InChI is InChI=1S/C25H37F2N3O2/c26-13-20-10-21(14-27)12-22(11-20)25(32)30-23-8-6-19(7-9-23)15-28-17-24(31)29-16-18-4-2-1-3-5-18/h10-12,18-19,23,28H,1-9,13-17H2,(H,29,31)(H,30,32). The third-order valence-electron chi connectivity index (χ3n) is 6.84. The Balaban J connectivity index is 1.32. The molecule has 3 rings (SSSR count). The maximum absolute atomic E-state index is 13.0. The highest BCUT2D eigenvalue weighted by Crippen LogP contribution is 2.25. The van der Waals surface area contributed by atoms with Crippen LogP contribution in [0.2, 0.25) is 0 Å². The minimum Gasteiger partial charge on any atom is -0.355 e. The molecule has 0 atom stereocenters. The van der Waals surface area contributed by atoms with Crippen molar-refractivity contribution in [3.05, 3.63) is 34.9 Å². The quantitative estimate of drug-likeness (QED) is 0.501. The molecule has 3 N–H and O–H groups in total. The normalized spacial score (nSPS) is 21.8. The Morgan fingerprint density at radius 1 is 0.812 bits per heavy atom. The molecule has 0 bridgehead atoms. The molecule has 7 heteroatoms. The topological polar surface area (TPSA) is 70.2 Å². The van der Waals surface area contributed by atoms with Crippen molar-refractivity contribution >= 4 is 11.8 Å². The summed E-state index contributed by atoms with van der Waals surface area (Å²) in [6.07, 6.45) is 10.0. The van der Waals surface area contributed by atoms with Gasteiger partial charge in [-0.3, -0.25) is 9.59 Å². The van der Waals surface area contributed by atoms with E-state index in [1.54, 1.807) is 0 Å². The van der Waals surface area contributed by atoms with Crippen LogP contribution in [0.15, 0.2) is 18.2 Å². The Hall–Kier alpha value is -2.02. The van der Waals surface area contributed by atoms with Crippen LogP contribution in [0, 0.1) is 11.8 Å². The fourth-order valence-electron chi connectivity index (χ4n) is 4.93. The lowest BCUT2D eigenvalue weighted by Gasteiger charge is -2.29. The van der Waals surface area contributed by atoms with E-state index in [1.165, 1.54) is 50.3 Å². The van der Waals surface area contributed by atoms with Gasteiger partial charge in [0.05, 0.1) is 6.54 Å². The van der Waals surface area contributed by atoms with E-state index < -0.39 is 13.3 Å². The minimum absolute atomic E-state index is 0.0691. The molecule has 0 radical (unpaired) electrons. The van der Waals surface area contributed by atoms with Crippen molar-refractivity contribution in [3.63, 3.8) is 0 Å². The van der Waals surface area contributed by atoms with Crippen molar-refractivity contribution in [1.82, 2.24) is 16.0 Å². The zero-order chi connectivity index (χ0) is 22.8. The maximum Gasteiger partial charge on any atom is 0.251 e. The lowest BCUT2D eigenvalue weighted by molar-refractivity contribution is -0.120. The van der Waals surface area contributed by atoms with E-state index in [0.717, 1.165) is 38.8 Å². The van der Waals surface area contributed by atoms with Crippen molar-refractivity contribution in [1.29, 1.82) is 0 Å². The van der Waals surface area contributed by atoms with Crippen LogP contribution in [-0.4, -0.2) is 37.5 Å². The largest absolute Gasteiger partial charge is 0.355 e. The van der Waals surface area contributed by atoms with Gasteiger partial charge in [-0.2, -0.15) is 0 Å². The SMILES string of the molecule is O=C(CNCC1CCC(NC(=O)c2cc(CF)cc(CF)c2)CC1)NCC1CCCCC1. The van der Waals surface area contributed by atoms with E-state index in [0.29, 0.717) is 35.1 Å².